The van der Waals surface area contributed by atoms with Crippen molar-refractivity contribution in [2.75, 3.05) is 43.4 Å². The van der Waals surface area contributed by atoms with E-state index in [-0.39, 0.29) is 23.5 Å². The molecular formula is C21H24N8O2. The Bertz CT molecular complexity index is 1020. The Morgan fingerprint density at radius 2 is 1.81 bits per heavy atom. The number of rotatable bonds is 6. The molecule has 0 bridgehead atoms. The zero-order valence-electron chi connectivity index (χ0n) is 17.5. The Morgan fingerprint density at radius 3 is 2.48 bits per heavy atom. The first-order chi connectivity index (χ1) is 15.1. The van der Waals surface area contributed by atoms with Gasteiger partial charge in [-0.25, -0.2) is 9.97 Å². The van der Waals surface area contributed by atoms with Gasteiger partial charge in [-0.2, -0.15) is 15.0 Å². The summed E-state index contributed by atoms with van der Waals surface area (Å²) in [6, 6.07) is 9.32. The van der Waals surface area contributed by atoms with Crippen LogP contribution in [-0.2, 0) is 6.42 Å². The Morgan fingerprint density at radius 1 is 1.03 bits per heavy atom. The van der Waals surface area contributed by atoms with Crippen LogP contribution in [0.1, 0.15) is 23.2 Å². The third-order valence-electron chi connectivity index (χ3n) is 4.84. The summed E-state index contributed by atoms with van der Waals surface area (Å²) in [6.45, 7) is 5.55. The first kappa shape index (κ1) is 20.6. The zero-order valence-corrected chi connectivity index (χ0v) is 17.5. The second-order valence-electron chi connectivity index (χ2n) is 7.14. The van der Waals surface area contributed by atoms with Crippen LogP contribution in [0.3, 0.4) is 0 Å². The number of para-hydroxylation sites is 1. The van der Waals surface area contributed by atoms with Gasteiger partial charge in [-0.05, 0) is 19.2 Å². The summed E-state index contributed by atoms with van der Waals surface area (Å²) in [5.74, 6) is 1.09. The lowest BCUT2D eigenvalue weighted by Gasteiger charge is -2.32. The summed E-state index contributed by atoms with van der Waals surface area (Å²) in [6.07, 6.45) is 3.39. The van der Waals surface area contributed by atoms with Gasteiger partial charge in [0.1, 0.15) is 11.5 Å². The van der Waals surface area contributed by atoms with Crippen LogP contribution < -0.4 is 15.0 Å². The maximum Gasteiger partial charge on any atom is 0.328 e. The molecule has 0 saturated carbocycles. The van der Waals surface area contributed by atoms with Gasteiger partial charge in [-0.1, -0.05) is 25.1 Å². The first-order valence-electron chi connectivity index (χ1n) is 10.2. The van der Waals surface area contributed by atoms with Crippen LogP contribution in [0.4, 0.5) is 11.6 Å². The second kappa shape index (κ2) is 9.43. The molecule has 0 unspecified atom stereocenters. The fourth-order valence-corrected chi connectivity index (χ4v) is 3.03. The third kappa shape index (κ3) is 5.28. The van der Waals surface area contributed by atoms with Crippen molar-refractivity contribution < 1.29 is 9.53 Å². The number of carbonyl (C=O) groups is 1. The number of ether oxygens (including phenoxy) is 1. The topological polar surface area (TPSA) is 109 Å². The van der Waals surface area contributed by atoms with Crippen molar-refractivity contribution in [3.05, 3.63) is 54.2 Å². The number of nitrogens with zero attached hydrogens (tertiary/aromatic N) is 7. The molecule has 1 aromatic carbocycles. The molecule has 4 rings (SSSR count). The SMILES string of the molecule is CCc1nc(Oc2cnc(C(=O)Nc3ccccc3)cn2)nc(N2CCN(C)CC2)n1. The average Bonchev–Trinajstić information content (AvgIpc) is 2.80. The van der Waals surface area contributed by atoms with Crippen LogP contribution >= 0.6 is 0 Å². The molecule has 0 aliphatic carbocycles. The van der Waals surface area contributed by atoms with Crippen molar-refractivity contribution in [1.82, 2.24) is 29.8 Å². The van der Waals surface area contributed by atoms with Crippen molar-refractivity contribution in [3.63, 3.8) is 0 Å². The number of nitrogens with one attached hydrogen (secondary N) is 1. The van der Waals surface area contributed by atoms with Crippen molar-refractivity contribution in [2.45, 2.75) is 13.3 Å². The summed E-state index contributed by atoms with van der Waals surface area (Å²) in [5, 5.41) is 2.77. The number of likely N-dealkylation sites (N-methyl/N-ethyl adjacent to an activating group) is 1. The van der Waals surface area contributed by atoms with Crippen LogP contribution in [0, 0.1) is 0 Å². The van der Waals surface area contributed by atoms with Crippen LogP contribution in [0.2, 0.25) is 0 Å². The molecule has 3 aromatic rings. The maximum atomic E-state index is 12.3. The van der Waals surface area contributed by atoms with E-state index in [4.69, 9.17) is 4.74 Å². The lowest BCUT2D eigenvalue weighted by Crippen LogP contribution is -2.45. The van der Waals surface area contributed by atoms with E-state index in [1.54, 1.807) is 12.1 Å². The summed E-state index contributed by atoms with van der Waals surface area (Å²) < 4.78 is 5.72. The van der Waals surface area contributed by atoms with Crippen LogP contribution in [0.15, 0.2) is 42.7 Å². The molecule has 1 aliphatic heterocycles. The molecule has 2 aromatic heterocycles. The Labute approximate surface area is 180 Å². The predicted octanol–water partition coefficient (Wildman–Crippen LogP) is 2.02. The molecule has 160 valence electrons. The molecule has 0 atom stereocenters. The average molecular weight is 420 g/mol. The Hall–Kier alpha value is -3.66. The van der Waals surface area contributed by atoms with E-state index in [1.807, 2.05) is 25.1 Å². The number of hydrogen-bond donors (Lipinski definition) is 1. The van der Waals surface area contributed by atoms with Gasteiger partial charge in [0.25, 0.3) is 5.91 Å². The normalized spacial score (nSPS) is 14.3. The van der Waals surface area contributed by atoms with Crippen molar-refractivity contribution in [1.29, 1.82) is 0 Å². The highest BCUT2D eigenvalue weighted by Crippen LogP contribution is 2.19. The highest BCUT2D eigenvalue weighted by molar-refractivity contribution is 6.02. The van der Waals surface area contributed by atoms with E-state index in [2.05, 4.69) is 47.1 Å². The number of amides is 1. The zero-order chi connectivity index (χ0) is 21.6. The largest absolute Gasteiger partial charge is 0.403 e. The Kier molecular flexibility index (Phi) is 6.27. The lowest BCUT2D eigenvalue weighted by molar-refractivity contribution is 0.102. The predicted molar refractivity (Wildman–Crippen MR) is 115 cm³/mol. The van der Waals surface area contributed by atoms with Crippen LogP contribution in [0.25, 0.3) is 0 Å². The van der Waals surface area contributed by atoms with E-state index in [1.165, 1.54) is 12.4 Å². The number of benzene rings is 1. The molecule has 10 nitrogen and oxygen atoms in total. The number of piperazine rings is 1. The molecule has 1 aliphatic rings. The summed E-state index contributed by atoms with van der Waals surface area (Å²) >= 11 is 0. The highest BCUT2D eigenvalue weighted by atomic mass is 16.5. The van der Waals surface area contributed by atoms with E-state index >= 15 is 0 Å². The van der Waals surface area contributed by atoms with Crippen molar-refractivity contribution in [3.8, 4) is 11.9 Å². The molecule has 1 N–H and O–H groups in total. The molecule has 1 fully saturated rings. The highest BCUT2D eigenvalue weighted by Gasteiger charge is 2.19. The monoisotopic (exact) mass is 420 g/mol. The van der Waals surface area contributed by atoms with E-state index < -0.39 is 0 Å². The lowest BCUT2D eigenvalue weighted by atomic mass is 10.3. The first-order valence-corrected chi connectivity index (χ1v) is 10.2. The van der Waals surface area contributed by atoms with E-state index in [0.29, 0.717) is 23.9 Å². The number of anilines is 2. The third-order valence-corrected chi connectivity index (χ3v) is 4.84. The molecule has 10 heteroatoms. The van der Waals surface area contributed by atoms with Gasteiger partial charge in [0, 0.05) is 38.3 Å². The molecule has 31 heavy (non-hydrogen) atoms. The van der Waals surface area contributed by atoms with Crippen molar-refractivity contribution in [2.24, 2.45) is 0 Å². The summed E-state index contributed by atoms with van der Waals surface area (Å²) in [5.41, 5.74) is 0.863. The van der Waals surface area contributed by atoms with Gasteiger partial charge in [0.05, 0.1) is 12.4 Å². The summed E-state index contributed by atoms with van der Waals surface area (Å²) in [7, 11) is 2.10. The van der Waals surface area contributed by atoms with Gasteiger partial charge < -0.3 is 19.9 Å². The van der Waals surface area contributed by atoms with E-state index in [9.17, 15) is 4.79 Å². The minimum atomic E-state index is -0.351. The fraction of sp³-hybridized carbons (Fsp3) is 0.333. The van der Waals surface area contributed by atoms with Gasteiger partial charge >= 0.3 is 6.01 Å². The smallest absolute Gasteiger partial charge is 0.328 e. The fourth-order valence-electron chi connectivity index (χ4n) is 3.03. The molecule has 0 spiro atoms. The number of aromatic nitrogens is 5. The quantitative estimate of drug-likeness (QED) is 0.640. The maximum absolute atomic E-state index is 12.3. The second-order valence-corrected chi connectivity index (χ2v) is 7.14. The van der Waals surface area contributed by atoms with Gasteiger partial charge in [-0.3, -0.25) is 4.79 Å². The van der Waals surface area contributed by atoms with Crippen LogP contribution in [-0.4, -0.2) is 69.0 Å². The molecule has 0 radical (unpaired) electrons. The van der Waals surface area contributed by atoms with E-state index in [0.717, 1.165) is 26.2 Å². The molecule has 1 saturated heterocycles. The van der Waals surface area contributed by atoms with Gasteiger partial charge in [0.15, 0.2) is 0 Å². The van der Waals surface area contributed by atoms with Gasteiger partial charge in [-0.15, -0.1) is 0 Å². The van der Waals surface area contributed by atoms with Crippen molar-refractivity contribution >= 4 is 17.5 Å². The van der Waals surface area contributed by atoms with Gasteiger partial charge in [0.2, 0.25) is 11.8 Å². The molecule has 3 heterocycles. The number of aryl methyl sites for hydroxylation is 1. The summed E-state index contributed by atoms with van der Waals surface area (Å²) in [4.78, 5) is 38.4. The standard InChI is InChI=1S/C21H24N8O2/c1-3-17-25-20(29-11-9-28(2)10-12-29)27-21(26-17)31-18-14-22-16(13-23-18)19(30)24-15-7-5-4-6-8-15/h4-8,13-14H,3,9-12H2,1-2H3,(H,24,30). The minimum absolute atomic E-state index is 0.163. The molecular weight excluding hydrogens is 396 g/mol. The number of hydrogen-bond acceptors (Lipinski definition) is 9. The molecule has 1 amide bonds. The number of carbonyl (C=O) groups excluding carboxylic acids is 1. The Balaban J connectivity index is 1.46. The minimum Gasteiger partial charge on any atom is -0.403 e. The van der Waals surface area contributed by atoms with Crippen LogP contribution in [0.5, 0.6) is 11.9 Å².